The zero-order chi connectivity index (χ0) is 18.4. The normalized spacial score (nSPS) is 12.3. The van der Waals surface area contributed by atoms with E-state index in [0.29, 0.717) is 31.7 Å². The van der Waals surface area contributed by atoms with Gasteiger partial charge in [0.2, 0.25) is 0 Å². The number of rotatable bonds is 6. The average Bonchev–Trinajstić information content (AvgIpc) is 2.66. The van der Waals surface area contributed by atoms with E-state index in [4.69, 9.17) is 14.2 Å². The second-order valence-electron chi connectivity index (χ2n) is 6.02. The van der Waals surface area contributed by atoms with E-state index in [2.05, 4.69) is 5.32 Å². The molecule has 1 amide bonds. The Morgan fingerprint density at radius 2 is 1.77 bits per heavy atom. The van der Waals surface area contributed by atoms with Crippen molar-refractivity contribution in [1.82, 2.24) is 5.32 Å². The predicted octanol–water partition coefficient (Wildman–Crippen LogP) is 2.28. The SMILES string of the molecule is Cc1ccc(C(=O)OCC(=O)NCCc2ccc3c(c2)OCCO3)cc1. The molecule has 0 atom stereocenters. The van der Waals surface area contributed by atoms with Gasteiger partial charge in [-0.2, -0.15) is 0 Å². The van der Waals surface area contributed by atoms with E-state index in [0.717, 1.165) is 22.6 Å². The smallest absolute Gasteiger partial charge is 0.338 e. The van der Waals surface area contributed by atoms with E-state index >= 15 is 0 Å². The molecule has 2 aromatic rings. The van der Waals surface area contributed by atoms with Crippen LogP contribution in [-0.2, 0) is 16.0 Å². The Kier molecular flexibility index (Phi) is 5.73. The van der Waals surface area contributed by atoms with Crippen molar-refractivity contribution in [3.8, 4) is 11.5 Å². The van der Waals surface area contributed by atoms with Gasteiger partial charge in [0.25, 0.3) is 5.91 Å². The highest BCUT2D eigenvalue weighted by Crippen LogP contribution is 2.30. The summed E-state index contributed by atoms with van der Waals surface area (Å²) in [6, 6.07) is 12.7. The molecule has 1 aliphatic heterocycles. The number of benzene rings is 2. The maximum Gasteiger partial charge on any atom is 0.338 e. The summed E-state index contributed by atoms with van der Waals surface area (Å²) in [4.78, 5) is 23.7. The van der Waals surface area contributed by atoms with Gasteiger partial charge in [0.1, 0.15) is 13.2 Å². The number of esters is 1. The van der Waals surface area contributed by atoms with E-state index in [-0.39, 0.29) is 12.5 Å². The van der Waals surface area contributed by atoms with Crippen molar-refractivity contribution in [2.45, 2.75) is 13.3 Å². The molecule has 0 bridgehead atoms. The van der Waals surface area contributed by atoms with Crippen LogP contribution < -0.4 is 14.8 Å². The maximum atomic E-state index is 11.9. The Morgan fingerprint density at radius 1 is 1.04 bits per heavy atom. The number of hydrogen-bond donors (Lipinski definition) is 1. The summed E-state index contributed by atoms with van der Waals surface area (Å²) in [6.07, 6.45) is 0.647. The zero-order valence-corrected chi connectivity index (χ0v) is 14.6. The van der Waals surface area contributed by atoms with Crippen molar-refractivity contribution in [3.05, 3.63) is 59.2 Å². The molecule has 6 heteroatoms. The third-order valence-electron chi connectivity index (χ3n) is 3.96. The summed E-state index contributed by atoms with van der Waals surface area (Å²) < 4.78 is 16.0. The first kappa shape index (κ1) is 17.8. The summed E-state index contributed by atoms with van der Waals surface area (Å²) in [6.45, 7) is 3.18. The minimum Gasteiger partial charge on any atom is -0.486 e. The lowest BCUT2D eigenvalue weighted by atomic mass is 10.1. The van der Waals surface area contributed by atoms with Crippen molar-refractivity contribution in [2.24, 2.45) is 0 Å². The van der Waals surface area contributed by atoms with Crippen LogP contribution in [0.15, 0.2) is 42.5 Å². The summed E-state index contributed by atoms with van der Waals surface area (Å²) in [5.41, 5.74) is 2.52. The Morgan fingerprint density at radius 3 is 2.54 bits per heavy atom. The van der Waals surface area contributed by atoms with Crippen LogP contribution in [0.4, 0.5) is 0 Å². The molecule has 2 aromatic carbocycles. The summed E-state index contributed by atoms with van der Waals surface area (Å²) >= 11 is 0. The molecular weight excluding hydrogens is 334 g/mol. The van der Waals surface area contributed by atoms with E-state index in [1.807, 2.05) is 37.3 Å². The molecule has 0 radical (unpaired) electrons. The molecule has 1 heterocycles. The summed E-state index contributed by atoms with van der Waals surface area (Å²) in [5, 5.41) is 2.74. The molecule has 0 fully saturated rings. The lowest BCUT2D eigenvalue weighted by molar-refractivity contribution is -0.124. The van der Waals surface area contributed by atoms with Gasteiger partial charge in [0, 0.05) is 6.54 Å². The molecule has 0 saturated carbocycles. The van der Waals surface area contributed by atoms with Gasteiger partial charge in [0.15, 0.2) is 18.1 Å². The lowest BCUT2D eigenvalue weighted by Gasteiger charge is -2.18. The minimum absolute atomic E-state index is 0.298. The van der Waals surface area contributed by atoms with Crippen molar-refractivity contribution in [2.75, 3.05) is 26.4 Å². The Balaban J connectivity index is 1.40. The molecule has 0 aromatic heterocycles. The molecule has 26 heavy (non-hydrogen) atoms. The second-order valence-corrected chi connectivity index (χ2v) is 6.02. The zero-order valence-electron chi connectivity index (χ0n) is 14.6. The highest BCUT2D eigenvalue weighted by atomic mass is 16.6. The third kappa shape index (κ3) is 4.75. The molecule has 0 aliphatic carbocycles. The molecule has 136 valence electrons. The van der Waals surface area contributed by atoms with Gasteiger partial charge in [-0.15, -0.1) is 0 Å². The topological polar surface area (TPSA) is 73.9 Å². The fourth-order valence-corrected chi connectivity index (χ4v) is 2.54. The number of amides is 1. The number of hydrogen-bond acceptors (Lipinski definition) is 5. The fourth-order valence-electron chi connectivity index (χ4n) is 2.54. The van der Waals surface area contributed by atoms with Crippen LogP contribution in [-0.4, -0.2) is 38.2 Å². The van der Waals surface area contributed by atoms with Gasteiger partial charge < -0.3 is 19.5 Å². The minimum atomic E-state index is -0.507. The number of carbonyl (C=O) groups is 2. The van der Waals surface area contributed by atoms with Crippen LogP contribution in [0.5, 0.6) is 11.5 Å². The summed E-state index contributed by atoms with van der Waals surface area (Å²) in [5.74, 6) is 0.633. The van der Waals surface area contributed by atoms with Crippen molar-refractivity contribution in [3.63, 3.8) is 0 Å². The summed E-state index contributed by atoms with van der Waals surface area (Å²) in [7, 11) is 0. The molecule has 1 N–H and O–H groups in total. The van der Waals surface area contributed by atoms with E-state index in [1.165, 1.54) is 0 Å². The largest absolute Gasteiger partial charge is 0.486 e. The number of ether oxygens (including phenoxy) is 3. The van der Waals surface area contributed by atoms with Crippen LogP contribution in [0.25, 0.3) is 0 Å². The predicted molar refractivity (Wildman–Crippen MR) is 95.6 cm³/mol. The van der Waals surface area contributed by atoms with E-state index in [1.54, 1.807) is 12.1 Å². The van der Waals surface area contributed by atoms with Crippen LogP contribution in [0, 0.1) is 6.92 Å². The molecule has 6 nitrogen and oxygen atoms in total. The van der Waals surface area contributed by atoms with E-state index in [9.17, 15) is 9.59 Å². The van der Waals surface area contributed by atoms with Gasteiger partial charge >= 0.3 is 5.97 Å². The van der Waals surface area contributed by atoms with Crippen LogP contribution in [0.3, 0.4) is 0 Å². The standard InChI is InChI=1S/C20H21NO5/c1-14-2-5-16(6-3-14)20(23)26-13-19(22)21-9-8-15-4-7-17-18(12-15)25-11-10-24-17/h2-7,12H,8-11,13H2,1H3,(H,21,22). The first-order valence-electron chi connectivity index (χ1n) is 8.51. The average molecular weight is 355 g/mol. The van der Waals surface area contributed by atoms with Gasteiger partial charge in [-0.3, -0.25) is 4.79 Å². The van der Waals surface area contributed by atoms with Crippen LogP contribution in [0.2, 0.25) is 0 Å². The van der Waals surface area contributed by atoms with E-state index < -0.39 is 5.97 Å². The number of nitrogens with one attached hydrogen (secondary N) is 1. The quantitative estimate of drug-likeness (QED) is 0.805. The Bertz CT molecular complexity index is 785. The Labute approximate surface area is 152 Å². The monoisotopic (exact) mass is 355 g/mol. The lowest BCUT2D eigenvalue weighted by Crippen LogP contribution is -2.30. The first-order valence-corrected chi connectivity index (χ1v) is 8.51. The number of fused-ring (bicyclic) bond motifs is 1. The maximum absolute atomic E-state index is 11.9. The van der Waals surface area contributed by atoms with Gasteiger partial charge in [-0.1, -0.05) is 23.8 Å². The van der Waals surface area contributed by atoms with Crippen LogP contribution >= 0.6 is 0 Å². The molecule has 0 spiro atoms. The van der Waals surface area contributed by atoms with Crippen LogP contribution in [0.1, 0.15) is 21.5 Å². The van der Waals surface area contributed by atoms with Crippen molar-refractivity contribution < 1.29 is 23.8 Å². The van der Waals surface area contributed by atoms with Gasteiger partial charge in [-0.25, -0.2) is 4.79 Å². The molecular formula is C20H21NO5. The highest BCUT2D eigenvalue weighted by Gasteiger charge is 2.12. The molecule has 1 aliphatic rings. The van der Waals surface area contributed by atoms with Crippen molar-refractivity contribution in [1.29, 1.82) is 0 Å². The molecule has 0 saturated heterocycles. The first-order chi connectivity index (χ1) is 12.6. The second kappa shape index (κ2) is 8.38. The number of aryl methyl sites for hydroxylation is 1. The Hall–Kier alpha value is -3.02. The molecule has 0 unspecified atom stereocenters. The van der Waals surface area contributed by atoms with Gasteiger partial charge in [0.05, 0.1) is 5.56 Å². The third-order valence-corrected chi connectivity index (χ3v) is 3.96. The number of carbonyl (C=O) groups excluding carboxylic acids is 2. The van der Waals surface area contributed by atoms with Gasteiger partial charge in [-0.05, 0) is 43.2 Å². The highest BCUT2D eigenvalue weighted by molar-refractivity contribution is 5.91. The molecule has 3 rings (SSSR count). The van der Waals surface area contributed by atoms with Crippen molar-refractivity contribution >= 4 is 11.9 Å². The fraction of sp³-hybridized carbons (Fsp3) is 0.300.